The van der Waals surface area contributed by atoms with Crippen LogP contribution in [0.4, 0.5) is 0 Å². The Morgan fingerprint density at radius 1 is 0.857 bits per heavy atom. The molecule has 0 amide bonds. The average molecular weight is 181 g/mol. The van der Waals surface area contributed by atoms with E-state index in [0.717, 1.165) is 0 Å². The van der Waals surface area contributed by atoms with Crippen molar-refractivity contribution in [1.82, 2.24) is 0 Å². The summed E-state index contributed by atoms with van der Waals surface area (Å²) >= 11 is 0. The average Bonchev–Trinajstić information content (AvgIpc) is 1.00. The molecule has 0 aromatic rings. The van der Waals surface area contributed by atoms with E-state index in [-0.39, 0.29) is 62.4 Å². The Bertz CT molecular complexity index is 4.14. The van der Waals surface area contributed by atoms with E-state index in [1.54, 1.807) is 6.92 Å². The van der Waals surface area contributed by atoms with E-state index in [4.69, 9.17) is 0 Å². The maximum absolute atomic E-state index is 3.25. The first kappa shape index (κ1) is 92.4. The van der Waals surface area contributed by atoms with Crippen molar-refractivity contribution in [3.63, 3.8) is 0 Å². The van der Waals surface area contributed by atoms with Gasteiger partial charge in [0.15, 0.2) is 0 Å². The molecule has 49 valence electrons. The first-order valence-electron chi connectivity index (χ1n) is 0.707. The Kier molecular flexibility index (Phi) is 2870. The Balaban J connectivity index is -0.000000000500. The van der Waals surface area contributed by atoms with Gasteiger partial charge >= 0.3 is 0 Å². The summed E-state index contributed by atoms with van der Waals surface area (Å²) in [6.07, 6.45) is 0. The van der Waals surface area contributed by atoms with Crippen molar-refractivity contribution in [2.24, 2.45) is 0 Å². The van der Waals surface area contributed by atoms with Gasteiger partial charge in [0, 0.05) is 32.7 Å². The maximum atomic E-state index is 3.25. The van der Waals surface area contributed by atoms with Gasteiger partial charge in [-0.25, -0.2) is 0 Å². The molecule has 0 spiro atoms. The molecule has 0 atom stereocenters. The topological polar surface area (TPSA) is 0 Å². The smallest absolute Gasteiger partial charge is 0 e. The Morgan fingerprint density at radius 3 is 0.857 bits per heavy atom. The van der Waals surface area contributed by atoms with Gasteiger partial charge in [0.25, 0.3) is 0 Å². The van der Waals surface area contributed by atoms with E-state index >= 15 is 0 Å². The van der Waals surface area contributed by atoms with Gasteiger partial charge in [-0.15, -0.1) is 0 Å². The van der Waals surface area contributed by atoms with Gasteiger partial charge in [-0.05, 0) is 0 Å². The fraction of sp³-hybridized carbons (Fsp3) is 0.667. The van der Waals surface area contributed by atoms with Crippen LogP contribution < -0.4 is 0 Å². The Morgan fingerprint density at radius 2 is 0.857 bits per heavy atom. The van der Waals surface area contributed by atoms with Crippen molar-refractivity contribution >= 4 is 0 Å². The van der Waals surface area contributed by atoms with Gasteiger partial charge in [-0.3, -0.25) is 0 Å². The second kappa shape index (κ2) is 217. The number of rotatable bonds is 0. The van der Waals surface area contributed by atoms with Gasteiger partial charge in [0.2, 0.25) is 0 Å². The monoisotopic (exact) mass is 181 g/mol. The zero-order valence-electron chi connectivity index (χ0n) is 3.28. The molecule has 0 unspecified atom stereocenters. The normalized spacial score (nSPS) is 0.857. The van der Waals surface area contributed by atoms with Crippen LogP contribution in [0.5, 0.6) is 0 Å². The Hall–Kier alpha value is 1.10. The minimum atomic E-state index is 0. The SMILES string of the molecule is C.C.C.[CH2-]C.[CH3-].[Y]. The van der Waals surface area contributed by atoms with E-state index in [9.17, 15) is 0 Å². The molecule has 0 aliphatic rings. The summed E-state index contributed by atoms with van der Waals surface area (Å²) in [5, 5.41) is 0. The van der Waals surface area contributed by atoms with Crippen LogP contribution in [-0.4, -0.2) is 0 Å². The fourth-order valence-electron chi connectivity index (χ4n) is 0. The molecule has 0 heterocycles. The third-order valence-corrected chi connectivity index (χ3v) is 0. The predicted octanol–water partition coefficient (Wildman–Crippen LogP) is 3.20. The van der Waals surface area contributed by atoms with Crippen LogP contribution in [-0.2, 0) is 32.7 Å². The maximum Gasteiger partial charge on any atom is 0 e. The minimum absolute atomic E-state index is 0. The van der Waals surface area contributed by atoms with Crippen molar-refractivity contribution in [1.29, 1.82) is 0 Å². The quantitative estimate of drug-likeness (QED) is 0.503. The van der Waals surface area contributed by atoms with Crippen molar-refractivity contribution in [3.8, 4) is 0 Å². The standard InChI is InChI=1S/C2H5.3CH4.CH3.Y/c1-2;;;;;/h1H2,2H3;3*1H4;1H3;/q-1;;;;-1;. The van der Waals surface area contributed by atoms with E-state index in [1.807, 2.05) is 0 Å². The van der Waals surface area contributed by atoms with Gasteiger partial charge in [0.05, 0.1) is 0 Å². The molecule has 0 aliphatic heterocycles. The van der Waals surface area contributed by atoms with Crippen molar-refractivity contribution in [2.75, 3.05) is 0 Å². The van der Waals surface area contributed by atoms with E-state index in [0.29, 0.717) is 0 Å². The summed E-state index contributed by atoms with van der Waals surface area (Å²) < 4.78 is 0. The number of hydrogen-bond acceptors (Lipinski definition) is 0. The molecule has 0 aliphatic carbocycles. The molecule has 0 aromatic carbocycles. The summed E-state index contributed by atoms with van der Waals surface area (Å²) in [5.41, 5.74) is 0. The van der Waals surface area contributed by atoms with Crippen LogP contribution >= 0.6 is 0 Å². The summed E-state index contributed by atoms with van der Waals surface area (Å²) in [7, 11) is 0. The van der Waals surface area contributed by atoms with Crippen molar-refractivity contribution < 1.29 is 32.7 Å². The zero-order chi connectivity index (χ0) is 2.00. The molecular weight excluding hydrogens is 161 g/mol. The molecule has 0 rings (SSSR count). The summed E-state index contributed by atoms with van der Waals surface area (Å²) in [6.45, 7) is 5.00. The molecule has 0 aromatic heterocycles. The van der Waals surface area contributed by atoms with E-state index in [2.05, 4.69) is 6.92 Å². The predicted molar refractivity (Wildman–Crippen MR) is 37.6 cm³/mol. The summed E-state index contributed by atoms with van der Waals surface area (Å²) in [6, 6.07) is 0. The molecule has 0 fully saturated rings. The zero-order valence-corrected chi connectivity index (χ0v) is 6.12. The molecular formula is C6H20Y-2. The minimum Gasteiger partial charge on any atom is -0.358 e. The van der Waals surface area contributed by atoms with Gasteiger partial charge in [0.1, 0.15) is 0 Å². The molecule has 0 N–H and O–H groups in total. The van der Waals surface area contributed by atoms with Crippen molar-refractivity contribution in [3.05, 3.63) is 14.4 Å². The first-order chi connectivity index (χ1) is 1.00. The van der Waals surface area contributed by atoms with Crippen LogP contribution in [0, 0.1) is 14.4 Å². The second-order valence-electron chi connectivity index (χ2n) is 0. The largest absolute Gasteiger partial charge is 0.358 e. The number of hydrogen-bond donors (Lipinski definition) is 0. The van der Waals surface area contributed by atoms with Crippen LogP contribution in [0.1, 0.15) is 29.2 Å². The summed E-state index contributed by atoms with van der Waals surface area (Å²) in [5.74, 6) is 0. The van der Waals surface area contributed by atoms with E-state index < -0.39 is 0 Å². The van der Waals surface area contributed by atoms with Gasteiger partial charge in [-0.1, -0.05) is 22.3 Å². The molecule has 0 nitrogen and oxygen atoms in total. The van der Waals surface area contributed by atoms with E-state index in [1.165, 1.54) is 0 Å². The molecule has 1 heteroatoms. The molecule has 0 saturated carbocycles. The van der Waals surface area contributed by atoms with Crippen LogP contribution in [0.25, 0.3) is 0 Å². The molecule has 0 bridgehead atoms. The van der Waals surface area contributed by atoms with Crippen LogP contribution in [0.3, 0.4) is 0 Å². The van der Waals surface area contributed by atoms with Gasteiger partial charge in [-0.2, -0.15) is 6.92 Å². The fourth-order valence-corrected chi connectivity index (χ4v) is 0. The second-order valence-corrected chi connectivity index (χ2v) is 0. The van der Waals surface area contributed by atoms with Gasteiger partial charge < -0.3 is 14.4 Å². The first-order valence-corrected chi connectivity index (χ1v) is 0.707. The third kappa shape index (κ3) is 152. The third-order valence-electron chi connectivity index (χ3n) is 0. The van der Waals surface area contributed by atoms with Crippen LogP contribution in [0.2, 0.25) is 0 Å². The molecule has 7 heavy (non-hydrogen) atoms. The van der Waals surface area contributed by atoms with Crippen molar-refractivity contribution in [2.45, 2.75) is 29.2 Å². The summed E-state index contributed by atoms with van der Waals surface area (Å²) in [4.78, 5) is 0. The van der Waals surface area contributed by atoms with Crippen LogP contribution in [0.15, 0.2) is 0 Å². The molecule has 1 radical (unpaired) electrons. The Labute approximate surface area is 76.0 Å². The molecule has 0 saturated heterocycles.